The summed E-state index contributed by atoms with van der Waals surface area (Å²) in [6, 6.07) is 1.29. The maximum absolute atomic E-state index is 14.0. The van der Waals surface area contributed by atoms with Gasteiger partial charge in [-0.05, 0) is 13.0 Å². The quantitative estimate of drug-likeness (QED) is 0.671. The Balaban J connectivity index is 1.99. The molecule has 0 fully saturated rings. The second-order valence-electron chi connectivity index (χ2n) is 5.50. The third kappa shape index (κ3) is 3.02. The normalized spacial score (nSPS) is 14.1. The van der Waals surface area contributed by atoms with Crippen molar-refractivity contribution in [2.24, 2.45) is 0 Å². The van der Waals surface area contributed by atoms with Gasteiger partial charge in [-0.1, -0.05) is 0 Å². The van der Waals surface area contributed by atoms with Crippen molar-refractivity contribution < 1.29 is 13.7 Å². The summed E-state index contributed by atoms with van der Waals surface area (Å²) < 4.78 is 29.1. The fraction of sp³-hybridized carbons (Fsp3) is 0.333. The molecule has 126 valence electrons. The zero-order valence-corrected chi connectivity index (χ0v) is 12.6. The largest absolute Gasteiger partial charge is 0.316 e. The van der Waals surface area contributed by atoms with Crippen molar-refractivity contribution in [3.8, 4) is 0 Å². The van der Waals surface area contributed by atoms with Crippen molar-refractivity contribution in [3.05, 3.63) is 67.4 Å². The van der Waals surface area contributed by atoms with E-state index in [4.69, 9.17) is 0 Å². The topological polar surface area (TPSA) is 90.1 Å². The molecule has 0 saturated carbocycles. The van der Waals surface area contributed by atoms with E-state index in [1.165, 1.54) is 6.33 Å². The Morgan fingerprint density at radius 3 is 2.58 bits per heavy atom. The minimum atomic E-state index is -1.06. The summed E-state index contributed by atoms with van der Waals surface area (Å²) in [5.74, 6) is -2.13. The van der Waals surface area contributed by atoms with Crippen LogP contribution in [0.15, 0.2) is 23.3 Å². The number of benzene rings is 1. The van der Waals surface area contributed by atoms with Crippen LogP contribution >= 0.6 is 0 Å². The first kappa shape index (κ1) is 16.2. The number of rotatable bonds is 3. The summed E-state index contributed by atoms with van der Waals surface area (Å²) in [6.45, 7) is 0.978. The molecule has 2 heterocycles. The van der Waals surface area contributed by atoms with E-state index in [9.17, 15) is 23.7 Å². The highest BCUT2D eigenvalue weighted by atomic mass is 19.1. The average molecular weight is 336 g/mol. The van der Waals surface area contributed by atoms with Crippen LogP contribution in [-0.2, 0) is 19.4 Å². The molecule has 0 amide bonds. The summed E-state index contributed by atoms with van der Waals surface area (Å²) in [7, 11) is 0. The molecule has 0 radical (unpaired) electrons. The lowest BCUT2D eigenvalue weighted by Gasteiger charge is -2.11. The first-order valence-electron chi connectivity index (χ1n) is 7.37. The van der Waals surface area contributed by atoms with Gasteiger partial charge in [0.15, 0.2) is 0 Å². The number of nitrogens with one attached hydrogen (secondary N) is 1. The van der Waals surface area contributed by atoms with E-state index >= 15 is 0 Å². The van der Waals surface area contributed by atoms with Gasteiger partial charge in [-0.25, -0.2) is 13.8 Å². The smallest absolute Gasteiger partial charge is 0.275 e. The van der Waals surface area contributed by atoms with Crippen LogP contribution in [0.25, 0.3) is 0 Å². The maximum atomic E-state index is 14.0. The van der Waals surface area contributed by atoms with Gasteiger partial charge in [0.25, 0.3) is 11.2 Å². The Bertz CT molecular complexity index is 843. The molecular formula is C15H14F2N4O3. The van der Waals surface area contributed by atoms with Gasteiger partial charge in [0, 0.05) is 24.1 Å². The van der Waals surface area contributed by atoms with Gasteiger partial charge in [0.2, 0.25) is 0 Å². The molecule has 24 heavy (non-hydrogen) atoms. The van der Waals surface area contributed by atoms with Gasteiger partial charge >= 0.3 is 0 Å². The van der Waals surface area contributed by atoms with Crippen molar-refractivity contribution in [2.75, 3.05) is 13.1 Å². The van der Waals surface area contributed by atoms with Crippen LogP contribution in [-0.4, -0.2) is 27.6 Å². The minimum absolute atomic E-state index is 0.346. The molecule has 0 aliphatic carbocycles. The fourth-order valence-corrected chi connectivity index (χ4v) is 2.71. The second-order valence-corrected chi connectivity index (χ2v) is 5.50. The minimum Gasteiger partial charge on any atom is -0.316 e. The molecular weight excluding hydrogens is 322 g/mol. The predicted octanol–water partition coefficient (Wildman–Crippen LogP) is 1.17. The number of nitrogens with zero attached hydrogens (tertiary/aromatic N) is 3. The summed E-state index contributed by atoms with van der Waals surface area (Å²) in [4.78, 5) is 26.5. The number of hydrogen-bond donors (Lipinski definition) is 1. The molecule has 1 aromatic heterocycles. The molecule has 0 spiro atoms. The Labute approximate surface area is 135 Å². The van der Waals surface area contributed by atoms with Crippen molar-refractivity contribution in [1.82, 2.24) is 14.9 Å². The third-order valence-electron chi connectivity index (χ3n) is 3.98. The Morgan fingerprint density at radius 1 is 1.25 bits per heavy atom. The molecule has 2 aromatic rings. The summed E-state index contributed by atoms with van der Waals surface area (Å²) in [5, 5.41) is 13.8. The van der Waals surface area contributed by atoms with E-state index in [0.29, 0.717) is 42.8 Å². The summed E-state index contributed by atoms with van der Waals surface area (Å²) in [5.41, 5.74) is -0.208. The van der Waals surface area contributed by atoms with Crippen LogP contribution in [0.5, 0.6) is 0 Å². The summed E-state index contributed by atoms with van der Waals surface area (Å²) >= 11 is 0. The molecule has 0 unspecified atom stereocenters. The van der Waals surface area contributed by atoms with Gasteiger partial charge in [-0.3, -0.25) is 19.5 Å². The molecule has 1 aromatic carbocycles. The van der Waals surface area contributed by atoms with Gasteiger partial charge in [-0.2, -0.15) is 0 Å². The van der Waals surface area contributed by atoms with Crippen molar-refractivity contribution >= 4 is 5.69 Å². The maximum Gasteiger partial charge on any atom is 0.275 e. The van der Waals surface area contributed by atoms with Gasteiger partial charge < -0.3 is 5.32 Å². The van der Waals surface area contributed by atoms with Crippen LogP contribution in [0.1, 0.15) is 16.8 Å². The molecule has 3 rings (SSSR count). The van der Waals surface area contributed by atoms with Crippen molar-refractivity contribution in [2.45, 2.75) is 19.4 Å². The predicted molar refractivity (Wildman–Crippen MR) is 80.9 cm³/mol. The highest BCUT2D eigenvalue weighted by Crippen LogP contribution is 2.21. The molecule has 0 bridgehead atoms. The Hall–Kier alpha value is -2.68. The van der Waals surface area contributed by atoms with Gasteiger partial charge in [-0.15, -0.1) is 0 Å². The molecule has 1 aliphatic rings. The van der Waals surface area contributed by atoms with Crippen molar-refractivity contribution in [3.63, 3.8) is 0 Å². The molecule has 1 N–H and O–H groups in total. The number of fused-ring (bicyclic) bond motifs is 1. The molecule has 0 saturated heterocycles. The van der Waals surface area contributed by atoms with Crippen LogP contribution < -0.4 is 10.9 Å². The lowest BCUT2D eigenvalue weighted by Crippen LogP contribution is -2.27. The van der Waals surface area contributed by atoms with E-state index in [0.717, 1.165) is 11.1 Å². The lowest BCUT2D eigenvalue weighted by molar-refractivity contribution is -0.385. The van der Waals surface area contributed by atoms with Crippen LogP contribution in [0.3, 0.4) is 0 Å². The van der Waals surface area contributed by atoms with Crippen molar-refractivity contribution in [1.29, 1.82) is 0 Å². The number of halogens is 2. The first-order valence-corrected chi connectivity index (χ1v) is 7.37. The number of hydrogen-bond acceptors (Lipinski definition) is 5. The molecule has 0 atom stereocenters. The van der Waals surface area contributed by atoms with E-state index in [2.05, 4.69) is 10.3 Å². The fourth-order valence-electron chi connectivity index (χ4n) is 2.71. The van der Waals surface area contributed by atoms with Crippen LogP contribution in [0.4, 0.5) is 14.5 Å². The van der Waals surface area contributed by atoms with Crippen LogP contribution in [0, 0.1) is 21.7 Å². The highest BCUT2D eigenvalue weighted by Gasteiger charge is 2.19. The number of non-ortho nitro benzene ring substituents is 1. The van der Waals surface area contributed by atoms with E-state index < -0.39 is 27.8 Å². The standard InChI is InChI=1S/C15H14F2N4O3/c16-12-5-9(21(23)24)6-13(17)11(12)7-20-8-19-14-2-4-18-3-1-10(14)15(20)22/h5-6,8,18H,1-4,7H2. The first-order chi connectivity index (χ1) is 11.5. The molecule has 7 nitrogen and oxygen atoms in total. The number of nitro groups is 1. The Morgan fingerprint density at radius 2 is 1.92 bits per heavy atom. The number of nitro benzene ring substituents is 1. The second kappa shape index (κ2) is 6.44. The van der Waals surface area contributed by atoms with E-state index in [1.807, 2.05) is 0 Å². The SMILES string of the molecule is O=c1c2c(ncn1Cc1c(F)cc([N+](=O)[O-])cc1F)CCNCC2. The van der Waals surface area contributed by atoms with Gasteiger partial charge in [0.1, 0.15) is 11.6 Å². The van der Waals surface area contributed by atoms with E-state index in [1.54, 1.807) is 0 Å². The highest BCUT2D eigenvalue weighted by molar-refractivity contribution is 5.36. The molecule has 1 aliphatic heterocycles. The third-order valence-corrected chi connectivity index (χ3v) is 3.98. The Kier molecular flexibility index (Phi) is 4.34. The van der Waals surface area contributed by atoms with E-state index in [-0.39, 0.29) is 12.1 Å². The van der Waals surface area contributed by atoms with Crippen LogP contribution in [0.2, 0.25) is 0 Å². The lowest BCUT2D eigenvalue weighted by atomic mass is 10.1. The zero-order valence-electron chi connectivity index (χ0n) is 12.6. The van der Waals surface area contributed by atoms with Gasteiger partial charge in [0.05, 0.1) is 35.6 Å². The summed E-state index contributed by atoms with van der Waals surface area (Å²) in [6.07, 6.45) is 2.37. The monoisotopic (exact) mass is 336 g/mol. The average Bonchev–Trinajstić information content (AvgIpc) is 2.78. The molecule has 9 heteroatoms. The number of aromatic nitrogens is 2. The zero-order chi connectivity index (χ0) is 17.3.